The standard InChI is InChI=1S/C14H22N2O2S/c1-11(9-16-13-5-6-13)15-10-12-3-7-14(8-4-12)19(2,17)18/h3-4,7-8,11,13,15-16H,5-6,9-10H2,1-2H3. The zero-order chi connectivity index (χ0) is 13.9. The third kappa shape index (κ3) is 4.93. The molecule has 0 aromatic heterocycles. The minimum Gasteiger partial charge on any atom is -0.312 e. The van der Waals surface area contributed by atoms with Gasteiger partial charge in [0.2, 0.25) is 0 Å². The Hall–Kier alpha value is -0.910. The van der Waals surface area contributed by atoms with E-state index in [-0.39, 0.29) is 0 Å². The van der Waals surface area contributed by atoms with Crippen LogP contribution in [0.15, 0.2) is 29.2 Å². The Morgan fingerprint density at radius 2 is 1.89 bits per heavy atom. The van der Waals surface area contributed by atoms with Gasteiger partial charge in [-0.2, -0.15) is 0 Å². The van der Waals surface area contributed by atoms with Gasteiger partial charge in [-0.15, -0.1) is 0 Å². The Morgan fingerprint density at radius 3 is 2.42 bits per heavy atom. The fourth-order valence-electron chi connectivity index (χ4n) is 1.85. The second kappa shape index (κ2) is 6.03. The van der Waals surface area contributed by atoms with Crippen molar-refractivity contribution in [2.75, 3.05) is 12.8 Å². The van der Waals surface area contributed by atoms with Crippen molar-refractivity contribution in [3.05, 3.63) is 29.8 Å². The molecule has 106 valence electrons. The third-order valence-electron chi connectivity index (χ3n) is 3.30. The van der Waals surface area contributed by atoms with Gasteiger partial charge in [0.15, 0.2) is 9.84 Å². The molecule has 1 aromatic carbocycles. The van der Waals surface area contributed by atoms with Crippen LogP contribution in [0.4, 0.5) is 0 Å². The van der Waals surface area contributed by atoms with E-state index >= 15 is 0 Å². The van der Waals surface area contributed by atoms with Gasteiger partial charge in [-0.3, -0.25) is 0 Å². The molecule has 1 aliphatic carbocycles. The summed E-state index contributed by atoms with van der Waals surface area (Å²) < 4.78 is 22.7. The normalized spacial score (nSPS) is 17.4. The van der Waals surface area contributed by atoms with Gasteiger partial charge >= 0.3 is 0 Å². The van der Waals surface area contributed by atoms with Gasteiger partial charge in [-0.1, -0.05) is 12.1 Å². The van der Waals surface area contributed by atoms with Crippen molar-refractivity contribution in [2.24, 2.45) is 0 Å². The summed E-state index contributed by atoms with van der Waals surface area (Å²) in [4.78, 5) is 0.375. The molecule has 0 heterocycles. The molecular formula is C14H22N2O2S. The minimum absolute atomic E-state index is 0.375. The van der Waals surface area contributed by atoms with Crippen LogP contribution >= 0.6 is 0 Å². The van der Waals surface area contributed by atoms with Gasteiger partial charge < -0.3 is 10.6 Å². The van der Waals surface area contributed by atoms with Crippen molar-refractivity contribution < 1.29 is 8.42 Å². The summed E-state index contributed by atoms with van der Waals surface area (Å²) in [7, 11) is -3.09. The lowest BCUT2D eigenvalue weighted by atomic mass is 10.2. The first-order chi connectivity index (χ1) is 8.95. The summed E-state index contributed by atoms with van der Waals surface area (Å²) in [6.45, 7) is 3.89. The quantitative estimate of drug-likeness (QED) is 0.792. The second-order valence-corrected chi connectivity index (χ2v) is 7.40. The summed E-state index contributed by atoms with van der Waals surface area (Å²) >= 11 is 0. The minimum atomic E-state index is -3.09. The van der Waals surface area contributed by atoms with Crippen LogP contribution in [-0.2, 0) is 16.4 Å². The molecule has 19 heavy (non-hydrogen) atoms. The first-order valence-electron chi connectivity index (χ1n) is 6.71. The third-order valence-corrected chi connectivity index (χ3v) is 4.42. The van der Waals surface area contributed by atoms with Crippen molar-refractivity contribution >= 4 is 9.84 Å². The molecule has 1 unspecified atom stereocenters. The number of hydrogen-bond acceptors (Lipinski definition) is 4. The smallest absolute Gasteiger partial charge is 0.175 e. The zero-order valence-electron chi connectivity index (χ0n) is 11.5. The SMILES string of the molecule is CC(CNC1CC1)NCc1ccc(S(C)(=O)=O)cc1. The van der Waals surface area contributed by atoms with Crippen molar-refractivity contribution in [2.45, 2.75) is 43.3 Å². The average Bonchev–Trinajstić information content (AvgIpc) is 3.17. The van der Waals surface area contributed by atoms with Crippen LogP contribution in [0.25, 0.3) is 0 Å². The first kappa shape index (κ1) is 14.5. The molecule has 0 radical (unpaired) electrons. The second-order valence-electron chi connectivity index (χ2n) is 5.38. The van der Waals surface area contributed by atoms with Gasteiger partial charge in [0.1, 0.15) is 0 Å². The van der Waals surface area contributed by atoms with Gasteiger partial charge in [0, 0.05) is 31.4 Å². The monoisotopic (exact) mass is 282 g/mol. The summed E-state index contributed by atoms with van der Waals surface area (Å²) in [5.41, 5.74) is 1.10. The number of nitrogens with one attached hydrogen (secondary N) is 2. The molecule has 0 saturated heterocycles. The maximum absolute atomic E-state index is 11.3. The largest absolute Gasteiger partial charge is 0.312 e. The Balaban J connectivity index is 1.78. The molecule has 0 amide bonds. The molecule has 1 aromatic rings. The van der Waals surface area contributed by atoms with Gasteiger partial charge in [-0.05, 0) is 37.5 Å². The van der Waals surface area contributed by atoms with E-state index in [9.17, 15) is 8.42 Å². The lowest BCUT2D eigenvalue weighted by molar-refractivity contribution is 0.500. The topological polar surface area (TPSA) is 58.2 Å². The zero-order valence-corrected chi connectivity index (χ0v) is 12.3. The summed E-state index contributed by atoms with van der Waals surface area (Å²) in [5.74, 6) is 0. The predicted molar refractivity (Wildman–Crippen MR) is 76.9 cm³/mol. The Labute approximate surface area is 115 Å². The Morgan fingerprint density at radius 1 is 1.26 bits per heavy atom. The van der Waals surface area contributed by atoms with E-state index in [2.05, 4.69) is 17.6 Å². The molecule has 5 heteroatoms. The molecule has 1 fully saturated rings. The molecular weight excluding hydrogens is 260 g/mol. The molecule has 0 bridgehead atoms. The van der Waals surface area contributed by atoms with Gasteiger partial charge in [0.05, 0.1) is 4.90 Å². The van der Waals surface area contributed by atoms with E-state index in [1.165, 1.54) is 19.1 Å². The highest BCUT2D eigenvalue weighted by Crippen LogP contribution is 2.18. The molecule has 1 saturated carbocycles. The van der Waals surface area contributed by atoms with Crippen LogP contribution in [-0.4, -0.2) is 33.3 Å². The van der Waals surface area contributed by atoms with Crippen LogP contribution in [0.3, 0.4) is 0 Å². The summed E-state index contributed by atoms with van der Waals surface area (Å²) in [6.07, 6.45) is 3.84. The molecule has 4 nitrogen and oxygen atoms in total. The lowest BCUT2D eigenvalue weighted by Gasteiger charge is -2.14. The van der Waals surface area contributed by atoms with E-state index in [0.717, 1.165) is 24.7 Å². The summed E-state index contributed by atoms with van der Waals surface area (Å²) in [5, 5.41) is 6.91. The van der Waals surface area contributed by atoms with Crippen molar-refractivity contribution in [3.63, 3.8) is 0 Å². The van der Waals surface area contributed by atoms with Crippen LogP contribution in [0.2, 0.25) is 0 Å². The Bertz CT molecular complexity index is 507. The molecule has 0 spiro atoms. The maximum Gasteiger partial charge on any atom is 0.175 e. The fraction of sp³-hybridized carbons (Fsp3) is 0.571. The van der Waals surface area contributed by atoms with E-state index in [4.69, 9.17) is 0 Å². The average molecular weight is 282 g/mol. The highest BCUT2D eigenvalue weighted by molar-refractivity contribution is 7.90. The molecule has 2 rings (SSSR count). The predicted octanol–water partition coefficient (Wildman–Crippen LogP) is 1.32. The lowest BCUT2D eigenvalue weighted by Crippen LogP contribution is -2.36. The number of sulfone groups is 1. The van der Waals surface area contributed by atoms with Gasteiger partial charge in [0.25, 0.3) is 0 Å². The van der Waals surface area contributed by atoms with E-state index in [0.29, 0.717) is 10.9 Å². The molecule has 1 atom stereocenters. The van der Waals surface area contributed by atoms with Crippen LogP contribution in [0, 0.1) is 0 Å². The van der Waals surface area contributed by atoms with Crippen LogP contribution in [0.5, 0.6) is 0 Å². The fourth-order valence-corrected chi connectivity index (χ4v) is 2.48. The van der Waals surface area contributed by atoms with Crippen molar-refractivity contribution in [3.8, 4) is 0 Å². The first-order valence-corrected chi connectivity index (χ1v) is 8.60. The van der Waals surface area contributed by atoms with Crippen molar-refractivity contribution in [1.82, 2.24) is 10.6 Å². The van der Waals surface area contributed by atoms with Crippen LogP contribution in [0.1, 0.15) is 25.3 Å². The van der Waals surface area contributed by atoms with Crippen molar-refractivity contribution in [1.29, 1.82) is 0 Å². The van der Waals surface area contributed by atoms with E-state index in [1.807, 2.05) is 12.1 Å². The van der Waals surface area contributed by atoms with Crippen LogP contribution < -0.4 is 10.6 Å². The highest BCUT2D eigenvalue weighted by Gasteiger charge is 2.20. The summed E-state index contributed by atoms with van der Waals surface area (Å²) in [6, 6.07) is 8.21. The molecule has 0 aliphatic heterocycles. The number of hydrogen-bond donors (Lipinski definition) is 2. The molecule has 1 aliphatic rings. The maximum atomic E-state index is 11.3. The van der Waals surface area contributed by atoms with Gasteiger partial charge in [-0.25, -0.2) is 8.42 Å². The number of benzene rings is 1. The van der Waals surface area contributed by atoms with E-state index in [1.54, 1.807) is 12.1 Å². The molecule has 2 N–H and O–H groups in total. The highest BCUT2D eigenvalue weighted by atomic mass is 32.2. The van der Waals surface area contributed by atoms with E-state index < -0.39 is 9.84 Å². The number of rotatable bonds is 7. The Kier molecular flexibility index (Phi) is 4.60.